The molecule has 0 radical (unpaired) electrons. The Bertz CT molecular complexity index is 1490. The van der Waals surface area contributed by atoms with Gasteiger partial charge in [-0.1, -0.05) is 72.3 Å². The van der Waals surface area contributed by atoms with Gasteiger partial charge in [0.05, 0.1) is 19.0 Å². The van der Waals surface area contributed by atoms with Crippen molar-refractivity contribution in [2.75, 3.05) is 18.4 Å². The molecule has 0 heterocycles. The number of urea groups is 1. The molecule has 45 heavy (non-hydrogen) atoms. The van der Waals surface area contributed by atoms with E-state index in [0.29, 0.717) is 16.3 Å². The maximum Gasteiger partial charge on any atom is 0.495 e. The number of rotatable bonds is 12. The minimum Gasteiger partial charge on any atom is -0.347 e. The van der Waals surface area contributed by atoms with Crippen LogP contribution >= 0.6 is 11.6 Å². The number of hydrogen-bond donors (Lipinski definition) is 4. The van der Waals surface area contributed by atoms with E-state index in [4.69, 9.17) is 11.6 Å². The molecule has 0 fully saturated rings. The molecule has 3 aromatic rings. The number of anilines is 1. The molecule has 4 N–H and O–H groups in total. The number of carbonyl (C=O) groups is 5. The molecule has 238 valence electrons. The maximum absolute atomic E-state index is 12.6. The Hall–Kier alpha value is -5.11. The molecule has 0 saturated heterocycles. The Balaban J connectivity index is 1.50. The largest absolute Gasteiger partial charge is 0.495 e. The van der Waals surface area contributed by atoms with Crippen LogP contribution in [0.2, 0.25) is 5.02 Å². The van der Waals surface area contributed by atoms with E-state index in [1.54, 1.807) is 48.5 Å². The van der Waals surface area contributed by atoms with Gasteiger partial charge in [-0.15, -0.1) is 0 Å². The van der Waals surface area contributed by atoms with Crippen LogP contribution in [0.1, 0.15) is 30.9 Å². The lowest BCUT2D eigenvalue weighted by Crippen LogP contribution is -2.39. The summed E-state index contributed by atoms with van der Waals surface area (Å²) in [5.41, 5.74) is 2.58. The first kappa shape index (κ1) is 34.4. The van der Waals surface area contributed by atoms with Gasteiger partial charge in [0.15, 0.2) is 0 Å². The predicted molar refractivity (Wildman–Crippen MR) is 156 cm³/mol. The Morgan fingerprint density at radius 2 is 1.49 bits per heavy atom. The van der Waals surface area contributed by atoms with Crippen molar-refractivity contribution in [3.63, 3.8) is 0 Å². The fourth-order valence-electron chi connectivity index (χ4n) is 3.83. The van der Waals surface area contributed by atoms with Crippen molar-refractivity contribution in [3.05, 3.63) is 89.4 Å². The molecule has 0 aliphatic heterocycles. The molecule has 0 saturated carbocycles. The van der Waals surface area contributed by atoms with Crippen LogP contribution in [0.25, 0.3) is 11.1 Å². The maximum atomic E-state index is 12.6. The molecule has 11 nitrogen and oxygen atoms in total. The molecule has 0 spiro atoms. The van der Waals surface area contributed by atoms with Gasteiger partial charge in [0.1, 0.15) is 0 Å². The average molecular weight is 649 g/mol. The molecule has 0 aromatic heterocycles. The van der Waals surface area contributed by atoms with Crippen LogP contribution in [0, 0.1) is 0 Å². The number of nitrogens with one attached hydrogen (secondary N) is 4. The monoisotopic (exact) mass is 648 g/mol. The molecule has 0 bridgehead atoms. The Kier molecular flexibility index (Phi) is 12.7. The summed E-state index contributed by atoms with van der Waals surface area (Å²) in [5.74, 6) is -5.30. The normalized spacial score (nSPS) is 11.5. The highest BCUT2D eigenvalue weighted by Crippen LogP contribution is 2.24. The second-order valence-corrected chi connectivity index (χ2v) is 9.84. The van der Waals surface area contributed by atoms with Gasteiger partial charge in [-0.3, -0.25) is 9.59 Å². The Labute approximate surface area is 260 Å². The third-order valence-electron chi connectivity index (χ3n) is 5.96. The summed E-state index contributed by atoms with van der Waals surface area (Å²) in [7, 11) is 0. The van der Waals surface area contributed by atoms with Crippen molar-refractivity contribution < 1.29 is 46.9 Å². The fraction of sp³-hybridized carbons (Fsp3) is 0.233. The van der Waals surface area contributed by atoms with E-state index in [0.717, 1.165) is 11.1 Å². The van der Waals surface area contributed by atoms with Crippen molar-refractivity contribution in [1.29, 1.82) is 0 Å². The van der Waals surface area contributed by atoms with E-state index in [9.17, 15) is 37.1 Å². The smallest absolute Gasteiger partial charge is 0.347 e. The first-order valence-corrected chi connectivity index (χ1v) is 13.8. The molecule has 15 heteroatoms. The highest BCUT2D eigenvalue weighted by Gasteiger charge is 2.43. The van der Waals surface area contributed by atoms with Crippen LogP contribution in [0.3, 0.4) is 0 Å². The topological polar surface area (TPSA) is 152 Å². The molecule has 3 aromatic carbocycles. The lowest BCUT2D eigenvalue weighted by Gasteiger charge is -2.19. The predicted octanol–water partition coefficient (Wildman–Crippen LogP) is 4.84. The third kappa shape index (κ3) is 12.2. The van der Waals surface area contributed by atoms with Gasteiger partial charge in [-0.25, -0.2) is 24.2 Å². The van der Waals surface area contributed by atoms with Crippen LogP contribution in [0.4, 0.5) is 23.7 Å². The summed E-state index contributed by atoms with van der Waals surface area (Å²) in [6.07, 6.45) is -5.83. The van der Waals surface area contributed by atoms with Crippen molar-refractivity contribution in [2.45, 2.75) is 31.5 Å². The number of hydrogen-bond acceptors (Lipinski definition) is 7. The molecular weight excluding hydrogens is 621 g/mol. The van der Waals surface area contributed by atoms with Crippen LogP contribution in [0.15, 0.2) is 78.9 Å². The summed E-state index contributed by atoms with van der Waals surface area (Å²) < 4.78 is 37.1. The average Bonchev–Trinajstić information content (AvgIpc) is 3.00. The fourth-order valence-corrected chi connectivity index (χ4v) is 4.02. The van der Waals surface area contributed by atoms with Crippen molar-refractivity contribution >= 4 is 47.1 Å². The molecule has 3 rings (SSSR count). The molecule has 1 unspecified atom stereocenters. The molecule has 0 aliphatic carbocycles. The number of halogens is 4. The molecule has 1 atom stereocenters. The minimum absolute atomic E-state index is 0.0218. The van der Waals surface area contributed by atoms with Crippen molar-refractivity contribution in [1.82, 2.24) is 16.0 Å². The SMILES string of the molecule is O=C(CCCNC(=O)Nc1cccc(Cl)c1)NCC(=O)NC(CC(=O)OOC(=O)C(F)(F)F)c1ccc(-c2ccccc2)cc1. The quantitative estimate of drug-likeness (QED) is 0.125. The Morgan fingerprint density at radius 3 is 2.16 bits per heavy atom. The van der Waals surface area contributed by atoms with E-state index < -0.39 is 55.0 Å². The second kappa shape index (κ2) is 16.7. The van der Waals surface area contributed by atoms with Gasteiger partial charge in [-0.2, -0.15) is 13.2 Å². The Morgan fingerprint density at radius 1 is 0.800 bits per heavy atom. The van der Waals surface area contributed by atoms with E-state index in [-0.39, 0.29) is 19.4 Å². The number of carbonyl (C=O) groups excluding carboxylic acids is 5. The summed E-state index contributed by atoms with van der Waals surface area (Å²) >= 11 is 5.87. The van der Waals surface area contributed by atoms with E-state index in [2.05, 4.69) is 31.0 Å². The third-order valence-corrected chi connectivity index (χ3v) is 6.20. The zero-order valence-corrected chi connectivity index (χ0v) is 24.2. The zero-order chi connectivity index (χ0) is 32.8. The lowest BCUT2D eigenvalue weighted by molar-refractivity contribution is -0.286. The number of benzene rings is 3. The summed E-state index contributed by atoms with van der Waals surface area (Å²) in [5, 5.41) is 10.5. The zero-order valence-electron chi connectivity index (χ0n) is 23.5. The summed E-state index contributed by atoms with van der Waals surface area (Å²) in [4.78, 5) is 67.4. The van der Waals surface area contributed by atoms with E-state index >= 15 is 0 Å². The molecule has 4 amide bonds. The van der Waals surface area contributed by atoms with E-state index in [1.807, 2.05) is 30.3 Å². The van der Waals surface area contributed by atoms with Gasteiger partial charge in [0, 0.05) is 23.7 Å². The number of amides is 4. The van der Waals surface area contributed by atoms with Crippen LogP contribution in [-0.4, -0.2) is 49.0 Å². The van der Waals surface area contributed by atoms with Crippen LogP contribution in [-0.2, 0) is 29.0 Å². The van der Waals surface area contributed by atoms with Gasteiger partial charge in [0.2, 0.25) is 11.8 Å². The minimum atomic E-state index is -5.38. The standard InChI is InChI=1S/C30H28ClF3N4O7/c31-22-8-4-9-23(16-22)37-29(43)35-15-5-10-25(39)36-18-26(40)38-24(17-27(41)44-45-28(42)30(32,33)34)21-13-11-20(12-14-21)19-6-2-1-3-7-19/h1-4,6-9,11-14,16,24H,5,10,15,17-18H2,(H,36,39)(H,38,40)(H2,35,37,43). The highest BCUT2D eigenvalue weighted by atomic mass is 35.5. The summed E-state index contributed by atoms with van der Waals surface area (Å²) in [6.45, 7) is -0.327. The lowest BCUT2D eigenvalue weighted by atomic mass is 9.99. The first-order chi connectivity index (χ1) is 21.4. The van der Waals surface area contributed by atoms with Crippen molar-refractivity contribution in [2.24, 2.45) is 0 Å². The highest BCUT2D eigenvalue weighted by molar-refractivity contribution is 6.30. The van der Waals surface area contributed by atoms with Gasteiger partial charge < -0.3 is 21.3 Å². The van der Waals surface area contributed by atoms with Gasteiger partial charge >= 0.3 is 24.1 Å². The van der Waals surface area contributed by atoms with Gasteiger partial charge in [-0.05, 0) is 41.3 Å². The summed E-state index contributed by atoms with van der Waals surface area (Å²) in [6, 6.07) is 20.8. The first-order valence-electron chi connectivity index (χ1n) is 13.4. The van der Waals surface area contributed by atoms with E-state index in [1.165, 1.54) is 0 Å². The van der Waals surface area contributed by atoms with Gasteiger partial charge in [0.25, 0.3) is 0 Å². The molecule has 0 aliphatic rings. The molecular formula is C30H28ClF3N4O7. The number of alkyl halides is 3. The second-order valence-electron chi connectivity index (χ2n) is 9.41. The van der Waals surface area contributed by atoms with Crippen LogP contribution < -0.4 is 21.3 Å². The van der Waals surface area contributed by atoms with Crippen LogP contribution in [0.5, 0.6) is 0 Å². The van der Waals surface area contributed by atoms with Crippen molar-refractivity contribution in [3.8, 4) is 11.1 Å².